The number of aryl methyl sites for hydroxylation is 1. The standard InChI is InChI=1S/C18H17ClN2O5/c1-3-24-18(23)14-11(2)26-16-15(14)17(22)21(10-20-16)8-9-25-13-6-4-12(19)5-7-13/h4-7,10H,3,8-9H2,1-2H3. The van der Waals surface area contributed by atoms with E-state index in [1.165, 1.54) is 10.9 Å². The summed E-state index contributed by atoms with van der Waals surface area (Å²) in [6.45, 7) is 4.01. The third-order valence-electron chi connectivity index (χ3n) is 3.75. The van der Waals surface area contributed by atoms with Crippen molar-refractivity contribution in [1.29, 1.82) is 0 Å². The van der Waals surface area contributed by atoms with E-state index >= 15 is 0 Å². The van der Waals surface area contributed by atoms with Crippen LogP contribution in [0.5, 0.6) is 5.75 Å². The number of nitrogens with zero attached hydrogens (tertiary/aromatic N) is 2. The van der Waals surface area contributed by atoms with Gasteiger partial charge < -0.3 is 13.9 Å². The minimum absolute atomic E-state index is 0.116. The van der Waals surface area contributed by atoms with Gasteiger partial charge in [-0.25, -0.2) is 9.78 Å². The van der Waals surface area contributed by atoms with Crippen LogP contribution >= 0.6 is 11.6 Å². The predicted molar refractivity (Wildman–Crippen MR) is 95.9 cm³/mol. The smallest absolute Gasteiger partial charge is 0.342 e. The highest BCUT2D eigenvalue weighted by atomic mass is 35.5. The Balaban J connectivity index is 1.84. The number of halogens is 1. The molecule has 0 radical (unpaired) electrons. The van der Waals surface area contributed by atoms with Crippen LogP contribution < -0.4 is 10.3 Å². The van der Waals surface area contributed by atoms with E-state index in [1.54, 1.807) is 38.1 Å². The summed E-state index contributed by atoms with van der Waals surface area (Å²) in [7, 11) is 0. The summed E-state index contributed by atoms with van der Waals surface area (Å²) in [5.74, 6) is 0.346. The molecule has 0 aliphatic carbocycles. The maximum Gasteiger partial charge on any atom is 0.342 e. The van der Waals surface area contributed by atoms with Gasteiger partial charge in [0.25, 0.3) is 5.56 Å². The monoisotopic (exact) mass is 376 g/mol. The van der Waals surface area contributed by atoms with Crippen molar-refractivity contribution in [2.24, 2.45) is 0 Å². The molecule has 0 amide bonds. The Hall–Kier alpha value is -2.80. The number of aromatic nitrogens is 2. The van der Waals surface area contributed by atoms with Crippen LogP contribution in [0.2, 0.25) is 5.02 Å². The molecular weight excluding hydrogens is 360 g/mol. The van der Waals surface area contributed by atoms with Crippen molar-refractivity contribution in [3.8, 4) is 5.75 Å². The van der Waals surface area contributed by atoms with E-state index < -0.39 is 5.97 Å². The third kappa shape index (κ3) is 3.57. The molecular formula is C18H17ClN2O5. The second-order valence-electron chi connectivity index (χ2n) is 5.48. The van der Waals surface area contributed by atoms with Gasteiger partial charge in [-0.05, 0) is 38.1 Å². The fourth-order valence-electron chi connectivity index (χ4n) is 2.54. The lowest BCUT2D eigenvalue weighted by Gasteiger charge is -2.08. The van der Waals surface area contributed by atoms with E-state index in [2.05, 4.69) is 4.98 Å². The van der Waals surface area contributed by atoms with Gasteiger partial charge in [-0.15, -0.1) is 0 Å². The van der Waals surface area contributed by atoms with Gasteiger partial charge in [-0.2, -0.15) is 0 Å². The quantitative estimate of drug-likeness (QED) is 0.614. The minimum atomic E-state index is -0.599. The number of benzene rings is 1. The van der Waals surface area contributed by atoms with Gasteiger partial charge in [0, 0.05) is 5.02 Å². The molecule has 26 heavy (non-hydrogen) atoms. The molecule has 2 heterocycles. The molecule has 0 N–H and O–H groups in total. The Kier molecular flexibility index (Phi) is 5.27. The predicted octanol–water partition coefficient (Wildman–Crippen LogP) is 3.21. The van der Waals surface area contributed by atoms with Crippen molar-refractivity contribution < 1.29 is 18.7 Å². The van der Waals surface area contributed by atoms with Crippen LogP contribution in [0.25, 0.3) is 11.1 Å². The molecule has 0 saturated carbocycles. The van der Waals surface area contributed by atoms with Crippen LogP contribution in [0.15, 0.2) is 39.8 Å². The molecule has 2 aromatic heterocycles. The number of carbonyl (C=O) groups is 1. The number of fused-ring (bicyclic) bond motifs is 1. The Morgan fingerprint density at radius 2 is 2.04 bits per heavy atom. The Labute approximate surface area is 154 Å². The average molecular weight is 377 g/mol. The zero-order valence-corrected chi connectivity index (χ0v) is 15.1. The maximum atomic E-state index is 12.7. The first kappa shape index (κ1) is 18.0. The summed E-state index contributed by atoms with van der Waals surface area (Å²) in [4.78, 5) is 29.0. The van der Waals surface area contributed by atoms with Gasteiger partial charge in [0.2, 0.25) is 5.71 Å². The molecule has 0 bridgehead atoms. The topological polar surface area (TPSA) is 83.6 Å². The number of furan rings is 1. The van der Waals surface area contributed by atoms with E-state index in [0.717, 1.165) is 0 Å². The number of rotatable bonds is 6. The first-order valence-electron chi connectivity index (χ1n) is 8.05. The van der Waals surface area contributed by atoms with E-state index in [-0.39, 0.29) is 42.0 Å². The molecule has 3 rings (SSSR count). The van der Waals surface area contributed by atoms with Crippen LogP contribution in [0.1, 0.15) is 23.0 Å². The summed E-state index contributed by atoms with van der Waals surface area (Å²) in [5, 5.41) is 0.736. The lowest BCUT2D eigenvalue weighted by Crippen LogP contribution is -2.24. The minimum Gasteiger partial charge on any atom is -0.492 e. The van der Waals surface area contributed by atoms with E-state index in [1.807, 2.05) is 0 Å². The van der Waals surface area contributed by atoms with Crippen LogP contribution in [-0.4, -0.2) is 28.7 Å². The van der Waals surface area contributed by atoms with Crippen molar-refractivity contribution in [3.63, 3.8) is 0 Å². The Morgan fingerprint density at radius 1 is 1.31 bits per heavy atom. The van der Waals surface area contributed by atoms with Gasteiger partial charge in [-0.3, -0.25) is 9.36 Å². The fraction of sp³-hybridized carbons (Fsp3) is 0.278. The van der Waals surface area contributed by atoms with Crippen molar-refractivity contribution in [3.05, 3.63) is 57.3 Å². The van der Waals surface area contributed by atoms with Crippen molar-refractivity contribution >= 4 is 28.7 Å². The zero-order chi connectivity index (χ0) is 18.7. The van der Waals surface area contributed by atoms with E-state index in [0.29, 0.717) is 16.5 Å². The second kappa shape index (κ2) is 7.61. The highest BCUT2D eigenvalue weighted by Crippen LogP contribution is 2.21. The molecule has 0 aliphatic rings. The summed E-state index contributed by atoms with van der Waals surface area (Å²) in [6.07, 6.45) is 1.37. The third-order valence-corrected chi connectivity index (χ3v) is 4.00. The van der Waals surface area contributed by atoms with Gasteiger partial charge in [-0.1, -0.05) is 11.6 Å². The van der Waals surface area contributed by atoms with Crippen molar-refractivity contribution in [1.82, 2.24) is 9.55 Å². The molecule has 0 unspecified atom stereocenters. The Bertz CT molecular complexity index is 991. The number of hydrogen-bond donors (Lipinski definition) is 0. The molecule has 3 aromatic rings. The molecule has 0 fully saturated rings. The van der Waals surface area contributed by atoms with Crippen LogP contribution in [0.3, 0.4) is 0 Å². The maximum absolute atomic E-state index is 12.7. The number of esters is 1. The summed E-state index contributed by atoms with van der Waals surface area (Å²) in [6, 6.07) is 6.92. The summed E-state index contributed by atoms with van der Waals surface area (Å²) < 4.78 is 17.4. The number of ether oxygens (including phenoxy) is 2. The van der Waals surface area contributed by atoms with Crippen LogP contribution in [0, 0.1) is 6.92 Å². The van der Waals surface area contributed by atoms with E-state index in [4.69, 9.17) is 25.5 Å². The molecule has 0 saturated heterocycles. The average Bonchev–Trinajstić information content (AvgIpc) is 2.96. The largest absolute Gasteiger partial charge is 0.492 e. The van der Waals surface area contributed by atoms with Gasteiger partial charge in [0.05, 0.1) is 13.2 Å². The molecule has 1 aromatic carbocycles. The number of carbonyl (C=O) groups excluding carboxylic acids is 1. The molecule has 0 atom stereocenters. The van der Waals surface area contributed by atoms with Gasteiger partial charge >= 0.3 is 5.97 Å². The fourth-order valence-corrected chi connectivity index (χ4v) is 2.66. The highest BCUT2D eigenvalue weighted by molar-refractivity contribution is 6.30. The number of hydrogen-bond acceptors (Lipinski definition) is 6. The van der Waals surface area contributed by atoms with Gasteiger partial charge in [0.1, 0.15) is 35.4 Å². The van der Waals surface area contributed by atoms with Crippen molar-refractivity contribution in [2.75, 3.05) is 13.2 Å². The molecule has 0 spiro atoms. The highest BCUT2D eigenvalue weighted by Gasteiger charge is 2.23. The summed E-state index contributed by atoms with van der Waals surface area (Å²) >= 11 is 5.83. The lowest BCUT2D eigenvalue weighted by molar-refractivity contribution is 0.0526. The van der Waals surface area contributed by atoms with Gasteiger partial charge in [0.15, 0.2) is 0 Å². The zero-order valence-electron chi connectivity index (χ0n) is 14.3. The molecule has 8 heteroatoms. The first-order chi connectivity index (χ1) is 12.5. The second-order valence-corrected chi connectivity index (χ2v) is 5.92. The molecule has 7 nitrogen and oxygen atoms in total. The lowest BCUT2D eigenvalue weighted by atomic mass is 10.2. The molecule has 136 valence electrons. The van der Waals surface area contributed by atoms with E-state index in [9.17, 15) is 9.59 Å². The van der Waals surface area contributed by atoms with Crippen molar-refractivity contribution in [2.45, 2.75) is 20.4 Å². The van der Waals surface area contributed by atoms with Crippen LogP contribution in [-0.2, 0) is 11.3 Å². The molecule has 0 aliphatic heterocycles. The SMILES string of the molecule is CCOC(=O)c1c(C)oc2ncn(CCOc3ccc(Cl)cc3)c(=O)c12. The Morgan fingerprint density at radius 3 is 2.73 bits per heavy atom. The summed E-state index contributed by atoms with van der Waals surface area (Å²) in [5.41, 5.74) is -0.146. The van der Waals surface area contributed by atoms with Crippen LogP contribution in [0.4, 0.5) is 0 Å². The first-order valence-corrected chi connectivity index (χ1v) is 8.43. The normalized spacial score (nSPS) is 10.9.